The summed E-state index contributed by atoms with van der Waals surface area (Å²) >= 11 is 0. The fourth-order valence-electron chi connectivity index (χ4n) is 4.15. The summed E-state index contributed by atoms with van der Waals surface area (Å²) in [4.78, 5) is 29.3. The van der Waals surface area contributed by atoms with Crippen LogP contribution in [-0.2, 0) is 9.59 Å². The Hall–Kier alpha value is -3.60. The van der Waals surface area contributed by atoms with E-state index in [0.29, 0.717) is 12.2 Å². The summed E-state index contributed by atoms with van der Waals surface area (Å²) in [5.41, 5.74) is 2.65. The number of nitrogens with zero attached hydrogens (tertiary/aromatic N) is 2. The molecule has 0 saturated heterocycles. The molecule has 1 aliphatic rings. The van der Waals surface area contributed by atoms with Crippen molar-refractivity contribution < 1.29 is 14.0 Å². The van der Waals surface area contributed by atoms with Gasteiger partial charge in [-0.05, 0) is 55.3 Å². The molecule has 1 aliphatic heterocycles. The van der Waals surface area contributed by atoms with Gasteiger partial charge in [-0.15, -0.1) is 0 Å². The number of furan rings is 1. The molecule has 4 rings (SSSR count). The summed E-state index contributed by atoms with van der Waals surface area (Å²) in [6, 6.07) is 20.9. The molecule has 2 aromatic carbocycles. The lowest BCUT2D eigenvalue weighted by Gasteiger charge is -2.43. The molecule has 3 aromatic rings. The van der Waals surface area contributed by atoms with Crippen LogP contribution in [0.4, 0.5) is 11.4 Å². The molecule has 5 heteroatoms. The minimum Gasteiger partial charge on any atom is -0.465 e. The van der Waals surface area contributed by atoms with E-state index in [9.17, 15) is 9.59 Å². The van der Waals surface area contributed by atoms with Crippen molar-refractivity contribution >= 4 is 29.3 Å². The molecule has 30 heavy (non-hydrogen) atoms. The summed E-state index contributed by atoms with van der Waals surface area (Å²) in [5.74, 6) is 0.496. The van der Waals surface area contributed by atoms with Crippen LogP contribution in [0.25, 0.3) is 6.08 Å². The number of anilines is 2. The zero-order chi connectivity index (χ0) is 21.1. The highest BCUT2D eigenvalue weighted by molar-refractivity contribution is 6.05. The van der Waals surface area contributed by atoms with Crippen LogP contribution in [0.3, 0.4) is 0 Å². The molecule has 2 amide bonds. The SMILES string of the molecule is CC(=O)N(c1ccccc1)[C@H]1C[C@@H](C)N(C(=O)C=Cc2ccco2)c2ccccc21. The first-order valence-corrected chi connectivity index (χ1v) is 10.0. The number of carbonyl (C=O) groups excluding carboxylic acids is 2. The van der Waals surface area contributed by atoms with E-state index in [4.69, 9.17) is 4.42 Å². The normalized spacial score (nSPS) is 18.3. The van der Waals surface area contributed by atoms with Gasteiger partial charge in [-0.1, -0.05) is 36.4 Å². The van der Waals surface area contributed by atoms with Gasteiger partial charge in [0.05, 0.1) is 12.3 Å². The maximum absolute atomic E-state index is 13.1. The summed E-state index contributed by atoms with van der Waals surface area (Å²) in [6.45, 7) is 3.61. The molecule has 152 valence electrons. The van der Waals surface area contributed by atoms with Crippen molar-refractivity contribution in [1.82, 2.24) is 0 Å². The topological polar surface area (TPSA) is 53.8 Å². The Labute approximate surface area is 176 Å². The number of para-hydroxylation sites is 2. The Bertz CT molecular complexity index is 1060. The largest absolute Gasteiger partial charge is 0.465 e. The quantitative estimate of drug-likeness (QED) is 0.565. The molecular weight excluding hydrogens is 376 g/mol. The third-order valence-electron chi connectivity index (χ3n) is 5.42. The van der Waals surface area contributed by atoms with Gasteiger partial charge in [0.25, 0.3) is 5.91 Å². The van der Waals surface area contributed by atoms with Gasteiger partial charge < -0.3 is 14.2 Å². The molecule has 2 atom stereocenters. The van der Waals surface area contributed by atoms with E-state index in [1.807, 2.05) is 66.4 Å². The van der Waals surface area contributed by atoms with E-state index in [1.165, 1.54) is 6.08 Å². The molecule has 0 bridgehead atoms. The fourth-order valence-corrected chi connectivity index (χ4v) is 4.15. The number of rotatable bonds is 4. The Balaban J connectivity index is 1.71. The molecule has 1 aromatic heterocycles. The van der Waals surface area contributed by atoms with Crippen molar-refractivity contribution in [2.45, 2.75) is 32.4 Å². The Morgan fingerprint density at radius 2 is 1.77 bits per heavy atom. The van der Waals surface area contributed by atoms with Crippen LogP contribution >= 0.6 is 0 Å². The van der Waals surface area contributed by atoms with Gasteiger partial charge in [-0.3, -0.25) is 9.59 Å². The summed E-state index contributed by atoms with van der Waals surface area (Å²) < 4.78 is 5.29. The van der Waals surface area contributed by atoms with Crippen molar-refractivity contribution in [2.75, 3.05) is 9.80 Å². The number of benzene rings is 2. The van der Waals surface area contributed by atoms with Crippen LogP contribution in [0.5, 0.6) is 0 Å². The maximum atomic E-state index is 13.1. The lowest BCUT2D eigenvalue weighted by atomic mass is 9.90. The number of hydrogen-bond donors (Lipinski definition) is 0. The molecule has 0 N–H and O–H groups in total. The minimum absolute atomic E-state index is 0.0225. The van der Waals surface area contributed by atoms with Gasteiger partial charge >= 0.3 is 0 Å². The molecule has 2 heterocycles. The van der Waals surface area contributed by atoms with E-state index in [-0.39, 0.29) is 23.9 Å². The summed E-state index contributed by atoms with van der Waals surface area (Å²) in [5, 5.41) is 0. The van der Waals surface area contributed by atoms with E-state index >= 15 is 0 Å². The lowest BCUT2D eigenvalue weighted by Crippen LogP contribution is -2.47. The van der Waals surface area contributed by atoms with Crippen LogP contribution in [0, 0.1) is 0 Å². The van der Waals surface area contributed by atoms with E-state index < -0.39 is 0 Å². The van der Waals surface area contributed by atoms with Gasteiger partial charge in [-0.2, -0.15) is 0 Å². The van der Waals surface area contributed by atoms with E-state index in [2.05, 4.69) is 0 Å². The fraction of sp³-hybridized carbons (Fsp3) is 0.200. The number of amides is 2. The maximum Gasteiger partial charge on any atom is 0.251 e. The van der Waals surface area contributed by atoms with E-state index in [0.717, 1.165) is 16.9 Å². The first-order valence-electron chi connectivity index (χ1n) is 10.0. The summed E-state index contributed by atoms with van der Waals surface area (Å²) in [7, 11) is 0. The second-order valence-corrected chi connectivity index (χ2v) is 7.44. The van der Waals surface area contributed by atoms with Crippen LogP contribution in [-0.4, -0.2) is 17.9 Å². The Morgan fingerprint density at radius 1 is 1.03 bits per heavy atom. The standard InChI is InChI=1S/C25H24N2O3/c1-18-17-24(27(19(2)28)20-9-4-3-5-10-20)22-12-6-7-13-23(22)26(18)25(29)15-14-21-11-8-16-30-21/h3-16,18,24H,17H2,1-2H3/t18-,24+/m1/s1. The zero-order valence-electron chi connectivity index (χ0n) is 17.1. The lowest BCUT2D eigenvalue weighted by molar-refractivity contribution is -0.117. The van der Waals surface area contributed by atoms with Crippen LogP contribution in [0.2, 0.25) is 0 Å². The first-order chi connectivity index (χ1) is 14.6. The van der Waals surface area contributed by atoms with Gasteiger partial charge in [0.2, 0.25) is 5.91 Å². The predicted octanol–water partition coefficient (Wildman–Crippen LogP) is 5.21. The van der Waals surface area contributed by atoms with Crippen molar-refractivity contribution in [2.24, 2.45) is 0 Å². The average Bonchev–Trinajstić information content (AvgIpc) is 3.26. The van der Waals surface area contributed by atoms with Gasteiger partial charge in [0.15, 0.2) is 0 Å². The molecule has 0 radical (unpaired) electrons. The molecule has 0 saturated carbocycles. The zero-order valence-corrected chi connectivity index (χ0v) is 17.1. The molecule has 0 aliphatic carbocycles. The van der Waals surface area contributed by atoms with E-state index in [1.54, 1.807) is 36.3 Å². The van der Waals surface area contributed by atoms with Crippen molar-refractivity contribution in [3.8, 4) is 0 Å². The monoisotopic (exact) mass is 400 g/mol. The molecule has 0 fully saturated rings. The molecular formula is C25H24N2O3. The molecule has 0 spiro atoms. The number of carbonyl (C=O) groups is 2. The highest BCUT2D eigenvalue weighted by Gasteiger charge is 2.37. The second kappa shape index (κ2) is 8.41. The van der Waals surface area contributed by atoms with Crippen molar-refractivity contribution in [3.63, 3.8) is 0 Å². The van der Waals surface area contributed by atoms with Gasteiger partial charge in [0, 0.05) is 30.4 Å². The Kier molecular flexibility index (Phi) is 5.53. The molecule has 5 nitrogen and oxygen atoms in total. The van der Waals surface area contributed by atoms with Crippen LogP contribution in [0.1, 0.15) is 37.6 Å². The highest BCUT2D eigenvalue weighted by Crippen LogP contribution is 2.42. The van der Waals surface area contributed by atoms with Gasteiger partial charge in [-0.25, -0.2) is 0 Å². The Morgan fingerprint density at radius 3 is 2.47 bits per heavy atom. The summed E-state index contributed by atoms with van der Waals surface area (Å²) in [6.07, 6.45) is 5.43. The van der Waals surface area contributed by atoms with Crippen molar-refractivity contribution in [1.29, 1.82) is 0 Å². The van der Waals surface area contributed by atoms with Crippen LogP contribution in [0.15, 0.2) is 83.5 Å². The molecule has 0 unspecified atom stereocenters. The third kappa shape index (κ3) is 3.79. The average molecular weight is 400 g/mol. The first kappa shape index (κ1) is 19.7. The highest BCUT2D eigenvalue weighted by atomic mass is 16.3. The number of fused-ring (bicyclic) bond motifs is 1. The number of hydrogen-bond acceptors (Lipinski definition) is 3. The van der Waals surface area contributed by atoms with Crippen LogP contribution < -0.4 is 9.80 Å². The third-order valence-corrected chi connectivity index (χ3v) is 5.42. The predicted molar refractivity (Wildman–Crippen MR) is 118 cm³/mol. The smallest absolute Gasteiger partial charge is 0.251 e. The van der Waals surface area contributed by atoms with Crippen molar-refractivity contribution in [3.05, 3.63) is 90.4 Å². The van der Waals surface area contributed by atoms with Gasteiger partial charge in [0.1, 0.15) is 5.76 Å². The minimum atomic E-state index is -0.144. The second-order valence-electron chi connectivity index (χ2n) is 7.44.